The number of para-hydroxylation sites is 1. The van der Waals surface area contributed by atoms with Gasteiger partial charge in [-0.1, -0.05) is 91.0 Å². The van der Waals surface area contributed by atoms with Gasteiger partial charge in [-0.05, 0) is 34.9 Å². The number of halogens is 1. The van der Waals surface area contributed by atoms with Crippen LogP contribution in [0.15, 0.2) is 109 Å². The van der Waals surface area contributed by atoms with Gasteiger partial charge in [0.05, 0.1) is 19.9 Å². The predicted octanol–water partition coefficient (Wildman–Crippen LogP) is 4.68. The van der Waals surface area contributed by atoms with Gasteiger partial charge in [-0.3, -0.25) is 9.59 Å². The van der Waals surface area contributed by atoms with E-state index in [0.29, 0.717) is 22.4 Å². The van der Waals surface area contributed by atoms with Crippen molar-refractivity contribution < 1.29 is 27.1 Å². The molecule has 4 rings (SSSR count). The van der Waals surface area contributed by atoms with Crippen LogP contribution in [0.25, 0.3) is 0 Å². The fourth-order valence-corrected chi connectivity index (χ4v) is 5.39. The molecule has 0 aliphatic carbocycles. The van der Waals surface area contributed by atoms with Gasteiger partial charge < -0.3 is 15.0 Å². The fraction of sp³-hybridized carbons (Fsp3) is 0.212. The van der Waals surface area contributed by atoms with Crippen molar-refractivity contribution in [2.24, 2.45) is 0 Å². The molecule has 0 radical (unpaired) electrons. The second-order valence-electron chi connectivity index (χ2n) is 10.0. The Hall–Kier alpha value is -4.54. The molecule has 0 heterocycles. The van der Waals surface area contributed by atoms with Crippen LogP contribution in [0.1, 0.15) is 28.3 Å². The van der Waals surface area contributed by atoms with E-state index in [-0.39, 0.29) is 19.6 Å². The smallest absolute Gasteiger partial charge is 0.247 e. The van der Waals surface area contributed by atoms with Crippen LogP contribution in [0.3, 0.4) is 0 Å². The number of methoxy groups -OCH3 is 1. The number of carbonyl (C=O) groups excluding carboxylic acids is 2. The van der Waals surface area contributed by atoms with Crippen molar-refractivity contribution in [3.63, 3.8) is 0 Å². The minimum absolute atomic E-state index is 0.0220. The number of rotatable bonds is 13. The standard InChI is InChI=1S/C33H34FN3O5S/c1-42-30-16-10-9-15-28(30)21-35-33(39)32(27-13-7-4-8-14-27)37(23-26-17-19-29(34)20-18-26)31(38)24-36(43(2,40)41)22-25-11-5-3-6-12-25/h3-20,32H,21-24H2,1-2H3,(H,35,39)/t32-/m1/s1. The predicted molar refractivity (Wildman–Crippen MR) is 163 cm³/mol. The Bertz CT molecular complexity index is 1620. The highest BCUT2D eigenvalue weighted by molar-refractivity contribution is 7.88. The summed E-state index contributed by atoms with van der Waals surface area (Å²) in [6.07, 6.45) is 1.04. The molecule has 10 heteroatoms. The lowest BCUT2D eigenvalue weighted by Gasteiger charge is -2.33. The van der Waals surface area contributed by atoms with E-state index in [0.717, 1.165) is 16.1 Å². The Kier molecular flexibility index (Phi) is 10.6. The molecule has 8 nitrogen and oxygen atoms in total. The van der Waals surface area contributed by atoms with Gasteiger partial charge in [0, 0.05) is 25.2 Å². The van der Waals surface area contributed by atoms with Gasteiger partial charge >= 0.3 is 0 Å². The maximum absolute atomic E-state index is 14.1. The first kappa shape index (κ1) is 31.4. The van der Waals surface area contributed by atoms with E-state index in [1.54, 1.807) is 67.8 Å². The molecule has 0 saturated carbocycles. The second-order valence-corrected chi connectivity index (χ2v) is 12.0. The van der Waals surface area contributed by atoms with Gasteiger partial charge in [0.25, 0.3) is 0 Å². The molecule has 0 spiro atoms. The molecular weight excluding hydrogens is 569 g/mol. The summed E-state index contributed by atoms with van der Waals surface area (Å²) in [5, 5.41) is 2.92. The Morgan fingerprint density at radius 3 is 2.02 bits per heavy atom. The summed E-state index contributed by atoms with van der Waals surface area (Å²) in [4.78, 5) is 29.4. The minimum atomic E-state index is -3.81. The SMILES string of the molecule is COc1ccccc1CNC(=O)[C@@H](c1ccccc1)N(Cc1ccc(F)cc1)C(=O)CN(Cc1ccccc1)S(C)(=O)=O. The summed E-state index contributed by atoms with van der Waals surface area (Å²) in [7, 11) is -2.27. The third-order valence-electron chi connectivity index (χ3n) is 6.89. The van der Waals surface area contributed by atoms with E-state index in [4.69, 9.17) is 4.74 Å². The van der Waals surface area contributed by atoms with Crippen molar-refractivity contribution >= 4 is 21.8 Å². The molecule has 4 aromatic rings. The molecular formula is C33H34FN3O5S. The van der Waals surface area contributed by atoms with Crippen molar-refractivity contribution in [3.8, 4) is 5.75 Å². The van der Waals surface area contributed by atoms with Crippen molar-refractivity contribution in [2.75, 3.05) is 19.9 Å². The molecule has 224 valence electrons. The number of amides is 2. The van der Waals surface area contributed by atoms with E-state index in [1.165, 1.54) is 29.2 Å². The molecule has 0 aliphatic rings. The molecule has 0 aromatic heterocycles. The number of nitrogens with one attached hydrogen (secondary N) is 1. The average molecular weight is 604 g/mol. The van der Waals surface area contributed by atoms with Crippen LogP contribution in [-0.4, -0.2) is 49.3 Å². The molecule has 0 bridgehead atoms. The van der Waals surface area contributed by atoms with Gasteiger partial charge in [0.2, 0.25) is 21.8 Å². The van der Waals surface area contributed by atoms with Gasteiger partial charge in [-0.2, -0.15) is 4.31 Å². The normalized spacial score (nSPS) is 12.0. The van der Waals surface area contributed by atoms with Crippen molar-refractivity contribution in [2.45, 2.75) is 25.7 Å². The average Bonchev–Trinajstić information content (AvgIpc) is 3.01. The topological polar surface area (TPSA) is 96.0 Å². The molecule has 2 amide bonds. The van der Waals surface area contributed by atoms with E-state index < -0.39 is 40.2 Å². The summed E-state index contributed by atoms with van der Waals surface area (Å²) in [6, 6.07) is 29.5. The lowest BCUT2D eigenvalue weighted by molar-refractivity contribution is -0.141. The van der Waals surface area contributed by atoms with Crippen LogP contribution in [0.5, 0.6) is 5.75 Å². The molecule has 1 N–H and O–H groups in total. The number of nitrogens with zero attached hydrogens (tertiary/aromatic N) is 2. The maximum Gasteiger partial charge on any atom is 0.247 e. The lowest BCUT2D eigenvalue weighted by Crippen LogP contribution is -2.47. The number of hydrogen-bond acceptors (Lipinski definition) is 5. The molecule has 4 aromatic carbocycles. The van der Waals surface area contributed by atoms with Crippen LogP contribution in [-0.2, 0) is 39.2 Å². The van der Waals surface area contributed by atoms with Crippen molar-refractivity contribution in [1.82, 2.24) is 14.5 Å². The van der Waals surface area contributed by atoms with Crippen molar-refractivity contribution in [1.29, 1.82) is 0 Å². The summed E-state index contributed by atoms with van der Waals surface area (Å²) >= 11 is 0. The first-order valence-electron chi connectivity index (χ1n) is 13.6. The largest absolute Gasteiger partial charge is 0.496 e. The Labute approximate surface area is 251 Å². The fourth-order valence-electron chi connectivity index (χ4n) is 4.67. The van der Waals surface area contributed by atoms with Crippen LogP contribution in [0.4, 0.5) is 4.39 Å². The first-order valence-corrected chi connectivity index (χ1v) is 15.5. The van der Waals surface area contributed by atoms with Crippen LogP contribution in [0.2, 0.25) is 0 Å². The van der Waals surface area contributed by atoms with E-state index in [2.05, 4.69) is 5.32 Å². The van der Waals surface area contributed by atoms with Gasteiger partial charge in [-0.15, -0.1) is 0 Å². The van der Waals surface area contributed by atoms with Gasteiger partial charge in [-0.25, -0.2) is 12.8 Å². The van der Waals surface area contributed by atoms with Crippen LogP contribution < -0.4 is 10.1 Å². The zero-order chi connectivity index (χ0) is 30.8. The summed E-state index contributed by atoms with van der Waals surface area (Å²) < 4.78 is 45.8. The van der Waals surface area contributed by atoms with Gasteiger partial charge in [0.1, 0.15) is 17.6 Å². The summed E-state index contributed by atoms with van der Waals surface area (Å²) in [6.45, 7) is -0.457. The number of carbonyl (C=O) groups is 2. The highest BCUT2D eigenvalue weighted by atomic mass is 32.2. The van der Waals surface area contributed by atoms with Crippen molar-refractivity contribution in [3.05, 3.63) is 137 Å². The Morgan fingerprint density at radius 2 is 1.40 bits per heavy atom. The highest BCUT2D eigenvalue weighted by Crippen LogP contribution is 2.26. The number of benzene rings is 4. The molecule has 0 aliphatic heterocycles. The Morgan fingerprint density at radius 1 is 0.814 bits per heavy atom. The molecule has 43 heavy (non-hydrogen) atoms. The third kappa shape index (κ3) is 8.73. The molecule has 1 atom stereocenters. The van der Waals surface area contributed by atoms with E-state index in [9.17, 15) is 22.4 Å². The number of ether oxygens (including phenoxy) is 1. The summed E-state index contributed by atoms with van der Waals surface area (Å²) in [5.41, 5.74) is 2.55. The molecule has 0 fully saturated rings. The quantitative estimate of drug-likeness (QED) is 0.240. The zero-order valence-electron chi connectivity index (χ0n) is 24.0. The van der Waals surface area contributed by atoms with Crippen LogP contribution >= 0.6 is 0 Å². The van der Waals surface area contributed by atoms with Gasteiger partial charge in [0.15, 0.2) is 0 Å². The third-order valence-corrected chi connectivity index (χ3v) is 8.09. The summed E-state index contributed by atoms with van der Waals surface area (Å²) in [5.74, 6) is -0.904. The maximum atomic E-state index is 14.1. The Balaban J connectivity index is 1.70. The van der Waals surface area contributed by atoms with E-state index >= 15 is 0 Å². The number of hydrogen-bond donors (Lipinski definition) is 1. The molecule has 0 saturated heterocycles. The first-order chi connectivity index (χ1) is 20.7. The monoisotopic (exact) mass is 603 g/mol. The lowest BCUT2D eigenvalue weighted by atomic mass is 10.0. The van der Waals surface area contributed by atoms with Crippen LogP contribution in [0, 0.1) is 5.82 Å². The highest BCUT2D eigenvalue weighted by Gasteiger charge is 2.34. The number of sulfonamides is 1. The minimum Gasteiger partial charge on any atom is -0.496 e. The second kappa shape index (κ2) is 14.6. The van der Waals surface area contributed by atoms with E-state index in [1.807, 2.05) is 24.3 Å². The zero-order valence-corrected chi connectivity index (χ0v) is 24.8. The molecule has 0 unspecified atom stereocenters.